The van der Waals surface area contributed by atoms with Crippen LogP contribution in [-0.2, 0) is 10.2 Å². The van der Waals surface area contributed by atoms with Gasteiger partial charge in [0.05, 0.1) is 5.41 Å². The van der Waals surface area contributed by atoms with Crippen molar-refractivity contribution in [2.75, 3.05) is 0 Å². The van der Waals surface area contributed by atoms with Crippen LogP contribution in [0.5, 0.6) is 0 Å². The molecule has 2 rings (SSSR count). The Kier molecular flexibility index (Phi) is 2.53. The minimum Gasteiger partial charge on any atom is -0.481 e. The van der Waals surface area contributed by atoms with E-state index in [1.54, 1.807) is 0 Å². The van der Waals surface area contributed by atoms with Gasteiger partial charge in [0.15, 0.2) is 0 Å². The summed E-state index contributed by atoms with van der Waals surface area (Å²) in [5, 5.41) is 9.31. The van der Waals surface area contributed by atoms with Gasteiger partial charge in [0.25, 0.3) is 0 Å². The van der Waals surface area contributed by atoms with E-state index in [2.05, 4.69) is 26.0 Å². The highest BCUT2D eigenvalue weighted by molar-refractivity contribution is 5.85. The predicted molar refractivity (Wildman–Crippen MR) is 63.8 cm³/mol. The second-order valence-corrected chi connectivity index (χ2v) is 5.12. The normalized spacial score (nSPS) is 17.5. The number of hydrogen-bond donors (Lipinski definition) is 1. The van der Waals surface area contributed by atoms with Gasteiger partial charge in [-0.1, -0.05) is 32.0 Å². The maximum atomic E-state index is 11.3. The lowest BCUT2D eigenvalue weighted by atomic mass is 9.88. The molecule has 0 aliphatic heterocycles. The molecule has 0 radical (unpaired) electrons. The summed E-state index contributed by atoms with van der Waals surface area (Å²) in [5.74, 6) is -0.222. The van der Waals surface area contributed by atoms with E-state index in [1.165, 1.54) is 5.56 Å². The fourth-order valence-electron chi connectivity index (χ4n) is 2.24. The van der Waals surface area contributed by atoms with Gasteiger partial charge < -0.3 is 5.11 Å². The van der Waals surface area contributed by atoms with Crippen LogP contribution < -0.4 is 0 Å². The molecule has 1 aromatic rings. The van der Waals surface area contributed by atoms with Crippen LogP contribution in [0.2, 0.25) is 0 Å². The Morgan fingerprint density at radius 1 is 1.38 bits per heavy atom. The van der Waals surface area contributed by atoms with E-state index in [1.807, 2.05) is 13.0 Å². The van der Waals surface area contributed by atoms with Crippen LogP contribution in [0, 0.1) is 6.92 Å². The fraction of sp³-hybridized carbons (Fsp3) is 0.500. The summed E-state index contributed by atoms with van der Waals surface area (Å²) in [4.78, 5) is 11.3. The van der Waals surface area contributed by atoms with Gasteiger partial charge in [0, 0.05) is 0 Å². The largest absolute Gasteiger partial charge is 0.481 e. The van der Waals surface area contributed by atoms with Crippen LogP contribution in [0.4, 0.5) is 0 Å². The zero-order valence-electron chi connectivity index (χ0n) is 10.1. The Balaban J connectivity index is 2.48. The van der Waals surface area contributed by atoms with E-state index >= 15 is 0 Å². The number of aliphatic carboxylic acids is 1. The Hall–Kier alpha value is -1.31. The van der Waals surface area contributed by atoms with Crippen molar-refractivity contribution in [3.8, 4) is 0 Å². The van der Waals surface area contributed by atoms with E-state index < -0.39 is 11.4 Å². The summed E-state index contributed by atoms with van der Waals surface area (Å²) in [6, 6.07) is 6.23. The number of rotatable bonds is 3. The van der Waals surface area contributed by atoms with Gasteiger partial charge in [-0.05, 0) is 42.4 Å². The quantitative estimate of drug-likeness (QED) is 0.845. The van der Waals surface area contributed by atoms with E-state index in [-0.39, 0.29) is 0 Å². The number of hydrogen-bond acceptors (Lipinski definition) is 1. The first-order valence-corrected chi connectivity index (χ1v) is 5.82. The van der Waals surface area contributed by atoms with Crippen LogP contribution in [0.25, 0.3) is 0 Å². The zero-order chi connectivity index (χ0) is 11.9. The summed E-state index contributed by atoms with van der Waals surface area (Å²) in [6.07, 6.45) is 1.56. The summed E-state index contributed by atoms with van der Waals surface area (Å²) in [6.45, 7) is 6.27. The molecule has 1 saturated carbocycles. The molecule has 1 aliphatic carbocycles. The standard InChI is InChI=1S/C14H18O2/c1-9(2)11-5-4-10(3)12(8-11)14(6-7-14)13(15)16/h4-5,8-9H,6-7H2,1-3H3,(H,15,16). The minimum absolute atomic E-state index is 0.448. The molecule has 1 fully saturated rings. The molecule has 0 heterocycles. The Morgan fingerprint density at radius 3 is 2.44 bits per heavy atom. The second kappa shape index (κ2) is 3.62. The summed E-state index contributed by atoms with van der Waals surface area (Å²) >= 11 is 0. The molecule has 0 atom stereocenters. The molecule has 1 aromatic carbocycles. The van der Waals surface area contributed by atoms with Crippen LogP contribution in [0.1, 0.15) is 49.3 Å². The average molecular weight is 218 g/mol. The van der Waals surface area contributed by atoms with E-state index in [0.29, 0.717) is 5.92 Å². The summed E-state index contributed by atoms with van der Waals surface area (Å²) in [7, 11) is 0. The molecule has 0 aromatic heterocycles. The molecular weight excluding hydrogens is 200 g/mol. The Labute approximate surface area is 96.3 Å². The molecule has 2 nitrogen and oxygen atoms in total. The first-order chi connectivity index (χ1) is 7.47. The molecule has 16 heavy (non-hydrogen) atoms. The highest BCUT2D eigenvalue weighted by Crippen LogP contribution is 2.50. The van der Waals surface area contributed by atoms with E-state index in [4.69, 9.17) is 0 Å². The lowest BCUT2D eigenvalue weighted by molar-refractivity contribution is -0.140. The van der Waals surface area contributed by atoms with Crippen molar-refractivity contribution in [1.29, 1.82) is 0 Å². The van der Waals surface area contributed by atoms with Gasteiger partial charge in [-0.2, -0.15) is 0 Å². The maximum absolute atomic E-state index is 11.3. The minimum atomic E-state index is -0.670. The lowest BCUT2D eigenvalue weighted by Crippen LogP contribution is -2.21. The topological polar surface area (TPSA) is 37.3 Å². The maximum Gasteiger partial charge on any atom is 0.314 e. The molecule has 0 saturated heterocycles. The van der Waals surface area contributed by atoms with Gasteiger partial charge >= 0.3 is 5.97 Å². The van der Waals surface area contributed by atoms with Gasteiger partial charge in [-0.15, -0.1) is 0 Å². The number of aryl methyl sites for hydroxylation is 1. The van der Waals surface area contributed by atoms with Crippen molar-refractivity contribution in [3.63, 3.8) is 0 Å². The summed E-state index contributed by atoms with van der Waals surface area (Å²) in [5.41, 5.74) is 2.78. The van der Waals surface area contributed by atoms with Crippen molar-refractivity contribution in [3.05, 3.63) is 34.9 Å². The summed E-state index contributed by atoms with van der Waals surface area (Å²) < 4.78 is 0. The molecule has 86 valence electrons. The number of carbonyl (C=O) groups is 1. The average Bonchev–Trinajstić information content (AvgIpc) is 2.98. The van der Waals surface area contributed by atoms with Crippen molar-refractivity contribution >= 4 is 5.97 Å². The van der Waals surface area contributed by atoms with Crippen LogP contribution in [0.15, 0.2) is 18.2 Å². The van der Waals surface area contributed by atoms with Crippen molar-refractivity contribution in [2.45, 2.75) is 44.9 Å². The highest BCUT2D eigenvalue weighted by Gasteiger charge is 2.52. The second-order valence-electron chi connectivity index (χ2n) is 5.12. The third-order valence-electron chi connectivity index (χ3n) is 3.60. The van der Waals surface area contributed by atoms with Crippen molar-refractivity contribution < 1.29 is 9.90 Å². The van der Waals surface area contributed by atoms with Crippen LogP contribution >= 0.6 is 0 Å². The van der Waals surface area contributed by atoms with Crippen LogP contribution in [-0.4, -0.2) is 11.1 Å². The molecule has 0 bridgehead atoms. The number of carboxylic acid groups (broad SMARTS) is 1. The molecule has 0 spiro atoms. The monoisotopic (exact) mass is 218 g/mol. The van der Waals surface area contributed by atoms with E-state index in [9.17, 15) is 9.90 Å². The lowest BCUT2D eigenvalue weighted by Gasteiger charge is -2.16. The Bertz CT molecular complexity index is 428. The smallest absolute Gasteiger partial charge is 0.314 e. The zero-order valence-corrected chi connectivity index (χ0v) is 10.1. The molecule has 0 amide bonds. The predicted octanol–water partition coefficient (Wildman–Crippen LogP) is 3.23. The van der Waals surface area contributed by atoms with Crippen molar-refractivity contribution in [1.82, 2.24) is 0 Å². The third-order valence-corrected chi connectivity index (χ3v) is 3.60. The first kappa shape index (κ1) is 11.2. The van der Waals surface area contributed by atoms with Gasteiger partial charge in [-0.3, -0.25) is 4.79 Å². The van der Waals surface area contributed by atoms with Crippen LogP contribution in [0.3, 0.4) is 0 Å². The van der Waals surface area contributed by atoms with Gasteiger partial charge in [0.2, 0.25) is 0 Å². The number of benzene rings is 1. The fourth-order valence-corrected chi connectivity index (χ4v) is 2.24. The molecule has 1 N–H and O–H groups in total. The highest BCUT2D eigenvalue weighted by atomic mass is 16.4. The van der Waals surface area contributed by atoms with Crippen molar-refractivity contribution in [2.24, 2.45) is 0 Å². The molecule has 2 heteroatoms. The SMILES string of the molecule is Cc1ccc(C(C)C)cc1C1(C(=O)O)CC1. The third kappa shape index (κ3) is 1.62. The van der Waals surface area contributed by atoms with E-state index in [0.717, 1.165) is 24.0 Å². The molecule has 0 unspecified atom stereocenters. The Morgan fingerprint density at radius 2 is 2.00 bits per heavy atom. The molecular formula is C14H18O2. The van der Waals surface area contributed by atoms with Gasteiger partial charge in [-0.25, -0.2) is 0 Å². The first-order valence-electron chi connectivity index (χ1n) is 5.82. The van der Waals surface area contributed by atoms with Gasteiger partial charge in [0.1, 0.15) is 0 Å². The number of carboxylic acids is 1. The molecule has 1 aliphatic rings.